The molecule has 0 saturated heterocycles. The van der Waals surface area contributed by atoms with E-state index in [-0.39, 0.29) is 12.2 Å². The third-order valence-electron chi connectivity index (χ3n) is 6.43. The zero-order valence-electron chi connectivity index (χ0n) is 22.9. The molecule has 2 heterocycles. The van der Waals surface area contributed by atoms with Gasteiger partial charge in [0.2, 0.25) is 0 Å². The number of nitrogens with zero attached hydrogens (tertiary/aromatic N) is 2. The summed E-state index contributed by atoms with van der Waals surface area (Å²) in [6.45, 7) is 6.76. The van der Waals surface area contributed by atoms with Crippen molar-refractivity contribution >= 4 is 40.7 Å². The molecule has 4 aromatic rings. The second kappa shape index (κ2) is 12.6. The minimum atomic E-state index is -0.762. The summed E-state index contributed by atoms with van der Waals surface area (Å²) in [7, 11) is 0. The standard InChI is InChI=1S/C32H29ClN2O5S/c1-4-38-23-15-13-22(14-16-23)29-27(31(37)40-6-3)28(21-10-8-7-9-11-21)34-32-35(29)30(36)26(41-32)19-20-12-17-25(39-5-2)24(33)18-20/h7-19,29H,4-6H2,1-3H3/b26-19-/t29-/m1/s1. The van der Waals surface area contributed by atoms with Gasteiger partial charge in [-0.2, -0.15) is 0 Å². The highest BCUT2D eigenvalue weighted by molar-refractivity contribution is 7.07. The topological polar surface area (TPSA) is 79.1 Å². The van der Waals surface area contributed by atoms with Crippen LogP contribution in [0.3, 0.4) is 0 Å². The molecular formula is C32H29ClN2O5S. The molecule has 41 heavy (non-hydrogen) atoms. The first-order valence-electron chi connectivity index (χ1n) is 13.4. The maximum Gasteiger partial charge on any atom is 0.338 e. The van der Waals surface area contributed by atoms with Crippen LogP contribution < -0.4 is 24.4 Å². The van der Waals surface area contributed by atoms with Crippen LogP contribution in [0.15, 0.2) is 88.2 Å². The van der Waals surface area contributed by atoms with Gasteiger partial charge in [-0.25, -0.2) is 9.79 Å². The molecule has 0 saturated carbocycles. The quantitative estimate of drug-likeness (QED) is 0.245. The SMILES string of the molecule is CCOC(=O)C1=C(c2ccccc2)N=c2s/c(=C\c3ccc(OCC)c(Cl)c3)c(=O)n2[C@@H]1c1ccc(OCC)cc1. The first kappa shape index (κ1) is 28.4. The lowest BCUT2D eigenvalue weighted by Crippen LogP contribution is -2.40. The van der Waals surface area contributed by atoms with Gasteiger partial charge in [0.1, 0.15) is 11.5 Å². The van der Waals surface area contributed by atoms with Gasteiger partial charge < -0.3 is 14.2 Å². The van der Waals surface area contributed by atoms with Crippen LogP contribution in [0.4, 0.5) is 0 Å². The van der Waals surface area contributed by atoms with Gasteiger partial charge in [0.15, 0.2) is 4.80 Å². The number of esters is 1. The number of carbonyl (C=O) groups excluding carboxylic acids is 1. The van der Waals surface area contributed by atoms with Crippen molar-refractivity contribution in [1.29, 1.82) is 0 Å². The van der Waals surface area contributed by atoms with Crippen LogP contribution in [0.25, 0.3) is 11.8 Å². The van der Waals surface area contributed by atoms with Crippen molar-refractivity contribution in [3.63, 3.8) is 0 Å². The number of thiazole rings is 1. The van der Waals surface area contributed by atoms with Crippen molar-refractivity contribution in [3.05, 3.63) is 120 Å². The van der Waals surface area contributed by atoms with Crippen molar-refractivity contribution in [1.82, 2.24) is 4.57 Å². The van der Waals surface area contributed by atoms with Crippen LogP contribution in [0.2, 0.25) is 5.02 Å². The largest absolute Gasteiger partial charge is 0.494 e. The zero-order valence-corrected chi connectivity index (χ0v) is 24.5. The van der Waals surface area contributed by atoms with E-state index in [0.717, 1.165) is 16.7 Å². The van der Waals surface area contributed by atoms with Gasteiger partial charge in [0.25, 0.3) is 5.56 Å². The van der Waals surface area contributed by atoms with Crippen molar-refractivity contribution in [3.8, 4) is 11.5 Å². The number of hydrogen-bond donors (Lipinski definition) is 0. The van der Waals surface area contributed by atoms with Crippen LogP contribution in [0, 0.1) is 0 Å². The molecule has 0 bridgehead atoms. The van der Waals surface area contributed by atoms with Crippen LogP contribution in [0.1, 0.15) is 43.5 Å². The lowest BCUT2D eigenvalue weighted by molar-refractivity contribution is -0.138. The number of aromatic nitrogens is 1. The second-order valence-corrected chi connectivity index (χ2v) is 10.5. The first-order valence-corrected chi connectivity index (χ1v) is 14.6. The summed E-state index contributed by atoms with van der Waals surface area (Å²) < 4.78 is 18.7. The van der Waals surface area contributed by atoms with E-state index in [9.17, 15) is 9.59 Å². The minimum absolute atomic E-state index is 0.184. The Morgan fingerprint density at radius 2 is 1.71 bits per heavy atom. The molecule has 0 N–H and O–H groups in total. The number of rotatable bonds is 9. The Bertz CT molecular complexity index is 1780. The highest BCUT2D eigenvalue weighted by atomic mass is 35.5. The van der Waals surface area contributed by atoms with Crippen molar-refractivity contribution < 1.29 is 19.0 Å². The monoisotopic (exact) mass is 588 g/mol. The Labute approximate surface area is 246 Å². The molecule has 1 aliphatic rings. The summed E-state index contributed by atoms with van der Waals surface area (Å²) in [6.07, 6.45) is 1.77. The van der Waals surface area contributed by atoms with Gasteiger partial charge >= 0.3 is 5.97 Å². The Kier molecular flexibility index (Phi) is 8.71. The summed E-state index contributed by atoms with van der Waals surface area (Å²) in [4.78, 5) is 32.9. The summed E-state index contributed by atoms with van der Waals surface area (Å²) in [5.41, 5.74) is 2.73. The number of ether oxygens (including phenoxy) is 3. The third-order valence-corrected chi connectivity index (χ3v) is 7.71. The molecule has 0 spiro atoms. The fourth-order valence-electron chi connectivity index (χ4n) is 4.70. The van der Waals surface area contributed by atoms with Gasteiger partial charge in [0.05, 0.1) is 46.7 Å². The molecule has 0 unspecified atom stereocenters. The molecule has 210 valence electrons. The summed E-state index contributed by atoms with van der Waals surface area (Å²) in [5, 5.41) is 0.455. The van der Waals surface area contributed by atoms with Crippen LogP contribution in [0.5, 0.6) is 11.5 Å². The Morgan fingerprint density at radius 1 is 0.976 bits per heavy atom. The van der Waals surface area contributed by atoms with Crippen molar-refractivity contribution in [2.24, 2.45) is 4.99 Å². The third kappa shape index (κ3) is 5.85. The number of carbonyl (C=O) groups is 1. The van der Waals surface area contributed by atoms with E-state index in [1.54, 1.807) is 29.7 Å². The van der Waals surface area contributed by atoms with Gasteiger partial charge in [-0.15, -0.1) is 0 Å². The van der Waals surface area contributed by atoms with Gasteiger partial charge in [-0.1, -0.05) is 71.5 Å². The predicted octanol–water partition coefficient (Wildman–Crippen LogP) is 5.39. The summed E-state index contributed by atoms with van der Waals surface area (Å²) >= 11 is 7.67. The lowest BCUT2D eigenvalue weighted by atomic mass is 9.93. The molecule has 0 radical (unpaired) electrons. The normalized spacial score (nSPS) is 14.8. The highest BCUT2D eigenvalue weighted by Gasteiger charge is 2.35. The van der Waals surface area contributed by atoms with E-state index in [1.807, 2.05) is 74.5 Å². The van der Waals surface area contributed by atoms with Crippen molar-refractivity contribution in [2.45, 2.75) is 26.8 Å². The Balaban J connectivity index is 1.76. The van der Waals surface area contributed by atoms with Gasteiger partial charge in [0, 0.05) is 5.56 Å². The molecule has 1 aliphatic heterocycles. The number of benzene rings is 3. The second-order valence-electron chi connectivity index (χ2n) is 9.06. The molecule has 3 aromatic carbocycles. The van der Waals surface area contributed by atoms with E-state index >= 15 is 0 Å². The molecule has 9 heteroatoms. The van der Waals surface area contributed by atoms with Gasteiger partial charge in [-0.05, 0) is 62.2 Å². The smallest absolute Gasteiger partial charge is 0.338 e. The van der Waals surface area contributed by atoms with E-state index < -0.39 is 12.0 Å². The Hall–Kier alpha value is -4.14. The molecule has 0 aliphatic carbocycles. The summed E-state index contributed by atoms with van der Waals surface area (Å²) in [5.74, 6) is 0.748. The van der Waals surface area contributed by atoms with Gasteiger partial charge in [-0.3, -0.25) is 9.36 Å². The molecule has 1 atom stereocenters. The Morgan fingerprint density at radius 3 is 2.37 bits per heavy atom. The summed E-state index contributed by atoms with van der Waals surface area (Å²) in [6, 6.07) is 21.5. The van der Waals surface area contributed by atoms with E-state index in [2.05, 4.69) is 0 Å². The molecule has 1 aromatic heterocycles. The van der Waals surface area contributed by atoms with E-state index in [1.165, 1.54) is 11.3 Å². The minimum Gasteiger partial charge on any atom is -0.494 e. The molecule has 5 rings (SSSR count). The lowest BCUT2D eigenvalue weighted by Gasteiger charge is -2.26. The predicted molar refractivity (Wildman–Crippen MR) is 161 cm³/mol. The van der Waals surface area contributed by atoms with Crippen molar-refractivity contribution in [2.75, 3.05) is 19.8 Å². The average molecular weight is 589 g/mol. The molecular weight excluding hydrogens is 560 g/mol. The fourth-order valence-corrected chi connectivity index (χ4v) is 5.94. The molecule has 0 fully saturated rings. The van der Waals surface area contributed by atoms with E-state index in [0.29, 0.717) is 50.3 Å². The average Bonchev–Trinajstić information content (AvgIpc) is 3.29. The maximum absolute atomic E-state index is 14.0. The number of fused-ring (bicyclic) bond motifs is 1. The number of halogens is 1. The first-order chi connectivity index (χ1) is 19.9. The van der Waals surface area contributed by atoms with Crippen LogP contribution in [-0.4, -0.2) is 30.4 Å². The zero-order chi connectivity index (χ0) is 28.9. The number of hydrogen-bond acceptors (Lipinski definition) is 7. The molecule has 0 amide bonds. The highest BCUT2D eigenvalue weighted by Crippen LogP contribution is 2.35. The van der Waals surface area contributed by atoms with Crippen LogP contribution in [-0.2, 0) is 9.53 Å². The fraction of sp³-hybridized carbons (Fsp3) is 0.219. The van der Waals surface area contributed by atoms with E-state index in [4.69, 9.17) is 30.8 Å². The molecule has 7 nitrogen and oxygen atoms in total. The maximum atomic E-state index is 14.0. The van der Waals surface area contributed by atoms with Crippen LogP contribution >= 0.6 is 22.9 Å².